The first kappa shape index (κ1) is 19.7. The molecule has 15 heteroatoms. The van der Waals surface area contributed by atoms with Gasteiger partial charge in [-0.25, -0.2) is 0 Å². The van der Waals surface area contributed by atoms with E-state index in [1.54, 1.807) is 0 Å². The molecule has 0 aliphatic rings. The average Bonchev–Trinajstić information content (AvgIpc) is 2.10. The summed E-state index contributed by atoms with van der Waals surface area (Å²) in [5.41, 5.74) is 0. The van der Waals surface area contributed by atoms with E-state index in [0.29, 0.717) is 0 Å². The maximum absolute atomic E-state index is 12.7. The lowest BCUT2D eigenvalue weighted by atomic mass is 10.2. The Bertz CT molecular complexity index is 406. The zero-order chi connectivity index (χ0) is 17.7. The van der Waals surface area contributed by atoms with E-state index in [1.165, 1.54) is 0 Å². The number of halogens is 13. The van der Waals surface area contributed by atoms with Crippen molar-refractivity contribution in [2.45, 2.75) is 30.5 Å². The van der Waals surface area contributed by atoms with Gasteiger partial charge in [-0.15, -0.1) is 0 Å². The van der Waals surface area contributed by atoms with Crippen molar-refractivity contribution in [2.24, 2.45) is 0 Å². The van der Waals surface area contributed by atoms with Crippen LogP contribution in [0.5, 0.6) is 0 Å². The van der Waals surface area contributed by atoms with Gasteiger partial charge >= 0.3 is 36.5 Å². The van der Waals surface area contributed by atoms with Crippen LogP contribution in [0.3, 0.4) is 0 Å². The van der Waals surface area contributed by atoms with Crippen molar-refractivity contribution < 1.29 is 61.9 Å². The van der Waals surface area contributed by atoms with E-state index < -0.39 is 41.4 Å². The van der Waals surface area contributed by atoms with Crippen LogP contribution in [-0.2, 0) is 4.79 Å². The molecule has 0 aliphatic heterocycles. The number of nitrogens with zero attached hydrogens (tertiary/aromatic N) is 1. The molecule has 0 aliphatic carbocycles. The van der Waals surface area contributed by atoms with Crippen LogP contribution >= 0.6 is 0 Å². The number of hydrogen-bond donors (Lipinski definition) is 0. The summed E-state index contributed by atoms with van der Waals surface area (Å²) in [7, 11) is 0. The molecule has 0 aromatic rings. The summed E-state index contributed by atoms with van der Waals surface area (Å²) in [5, 5.41) is 0. The molecule has 0 heterocycles. The smallest absolute Gasteiger partial charge is 0.252 e. The molecular formula is C6F13NO. The van der Waals surface area contributed by atoms with Crippen molar-refractivity contribution in [1.29, 1.82) is 0 Å². The van der Waals surface area contributed by atoms with Gasteiger partial charge in [-0.3, -0.25) is 4.79 Å². The molecule has 0 rings (SSSR count). The van der Waals surface area contributed by atoms with Gasteiger partial charge in [0.05, 0.1) is 0 Å². The highest BCUT2D eigenvalue weighted by Gasteiger charge is 2.83. The van der Waals surface area contributed by atoms with E-state index in [2.05, 4.69) is 0 Å². The van der Waals surface area contributed by atoms with Crippen LogP contribution in [0.15, 0.2) is 0 Å². The van der Waals surface area contributed by atoms with E-state index in [-0.39, 0.29) is 0 Å². The van der Waals surface area contributed by atoms with E-state index >= 15 is 0 Å². The van der Waals surface area contributed by atoms with Crippen molar-refractivity contribution >= 4 is 6.04 Å². The van der Waals surface area contributed by atoms with Crippen LogP contribution in [0.1, 0.15) is 0 Å². The second-order valence-corrected chi connectivity index (χ2v) is 3.23. The predicted octanol–water partition coefficient (Wildman–Crippen LogP) is 3.69. The normalized spacial score (nSPS) is 15.5. The molecular weight excluding hydrogens is 349 g/mol. The third-order valence-electron chi connectivity index (χ3n) is 1.79. The largest absolute Gasteiger partial charge is 0.470 e. The van der Waals surface area contributed by atoms with Gasteiger partial charge < -0.3 is 0 Å². The first-order valence-corrected chi connectivity index (χ1v) is 4.08. The maximum Gasteiger partial charge on any atom is 0.470 e. The summed E-state index contributed by atoms with van der Waals surface area (Å²) >= 11 is 0. The van der Waals surface area contributed by atoms with E-state index in [0.717, 1.165) is 0 Å². The van der Waals surface area contributed by atoms with Gasteiger partial charge in [0.25, 0.3) is 0 Å². The molecule has 0 bridgehead atoms. The number of carbonyl (C=O) groups is 1. The molecule has 0 amide bonds. The lowest BCUT2D eigenvalue weighted by Gasteiger charge is -2.39. The molecule has 0 atom stereocenters. The Balaban J connectivity index is 6.29. The Morgan fingerprint density at radius 3 is 1.24 bits per heavy atom. The average molecular weight is 349 g/mol. The van der Waals surface area contributed by atoms with Crippen molar-refractivity contribution in [2.75, 3.05) is 0 Å². The molecule has 0 fully saturated rings. The fourth-order valence-corrected chi connectivity index (χ4v) is 0.894. The van der Waals surface area contributed by atoms with Gasteiger partial charge in [0, 0.05) is 0 Å². The standard InChI is InChI=1S/C6F13NO/c7-1(21)2(8,9)20(6(17,18)19)5(15,16)3(10,11)4(12,13)14. The molecule has 0 N–H and O–H groups in total. The second-order valence-electron chi connectivity index (χ2n) is 3.23. The highest BCUT2D eigenvalue weighted by molar-refractivity contribution is 5.75. The highest BCUT2D eigenvalue weighted by Crippen LogP contribution is 2.53. The Morgan fingerprint density at radius 1 is 0.714 bits per heavy atom. The summed E-state index contributed by atoms with van der Waals surface area (Å²) in [4.78, 5) is 5.46. The fraction of sp³-hybridized carbons (Fsp3) is 0.833. The van der Waals surface area contributed by atoms with Crippen molar-refractivity contribution in [3.8, 4) is 0 Å². The van der Waals surface area contributed by atoms with Gasteiger partial charge in [0.15, 0.2) is 0 Å². The monoisotopic (exact) mass is 349 g/mol. The molecule has 0 saturated carbocycles. The minimum Gasteiger partial charge on any atom is -0.252 e. The van der Waals surface area contributed by atoms with Crippen molar-refractivity contribution in [3.63, 3.8) is 0 Å². The summed E-state index contributed by atoms with van der Waals surface area (Å²) in [6, 6.07) is -19.2. The van der Waals surface area contributed by atoms with Gasteiger partial charge in [0.2, 0.25) is 0 Å². The van der Waals surface area contributed by atoms with Crippen molar-refractivity contribution in [3.05, 3.63) is 0 Å². The zero-order valence-electron chi connectivity index (χ0n) is 8.77. The van der Waals surface area contributed by atoms with Crippen LogP contribution in [0.2, 0.25) is 0 Å². The number of hydrogen-bond acceptors (Lipinski definition) is 2. The predicted molar refractivity (Wildman–Crippen MR) is 34.9 cm³/mol. The van der Waals surface area contributed by atoms with Crippen LogP contribution in [0.25, 0.3) is 0 Å². The molecule has 0 unspecified atom stereocenters. The van der Waals surface area contributed by atoms with Crippen LogP contribution in [0, 0.1) is 0 Å². The van der Waals surface area contributed by atoms with Crippen LogP contribution in [-0.4, -0.2) is 41.4 Å². The Morgan fingerprint density at radius 2 is 1.05 bits per heavy atom. The molecule has 0 spiro atoms. The lowest BCUT2D eigenvalue weighted by Crippen LogP contribution is -2.70. The third kappa shape index (κ3) is 3.16. The minimum absolute atomic E-state index is 4.09. The van der Waals surface area contributed by atoms with E-state index in [9.17, 15) is 61.9 Å². The summed E-state index contributed by atoms with van der Waals surface area (Å²) in [5.74, 6) is -7.67. The molecule has 126 valence electrons. The van der Waals surface area contributed by atoms with Crippen LogP contribution in [0.4, 0.5) is 57.1 Å². The Labute approximate surface area is 105 Å². The molecule has 0 radical (unpaired) electrons. The third-order valence-corrected chi connectivity index (χ3v) is 1.79. The fourth-order valence-electron chi connectivity index (χ4n) is 0.894. The lowest BCUT2D eigenvalue weighted by molar-refractivity contribution is -0.466. The van der Waals surface area contributed by atoms with Crippen molar-refractivity contribution in [1.82, 2.24) is 4.90 Å². The number of rotatable bonds is 4. The quantitative estimate of drug-likeness (QED) is 0.438. The molecule has 0 aromatic carbocycles. The molecule has 21 heavy (non-hydrogen) atoms. The maximum atomic E-state index is 12.7. The zero-order valence-corrected chi connectivity index (χ0v) is 8.77. The van der Waals surface area contributed by atoms with E-state index in [1.807, 2.05) is 0 Å². The molecule has 2 nitrogen and oxygen atoms in total. The summed E-state index contributed by atoms with van der Waals surface area (Å²) in [6.07, 6.45) is -14.7. The number of alkyl halides is 12. The summed E-state index contributed by atoms with van der Waals surface area (Å²) in [6.45, 7) is 0. The van der Waals surface area contributed by atoms with Gasteiger partial charge in [-0.2, -0.15) is 57.1 Å². The highest BCUT2D eigenvalue weighted by atomic mass is 19.4. The SMILES string of the molecule is O=C(F)C(F)(F)N(C(F)(F)F)C(F)(F)C(F)(F)C(F)(F)F. The van der Waals surface area contributed by atoms with Gasteiger partial charge in [0.1, 0.15) is 0 Å². The van der Waals surface area contributed by atoms with Gasteiger partial charge in [-0.05, 0) is 0 Å². The second kappa shape index (κ2) is 4.88. The number of carbonyl (C=O) groups excluding carboxylic acids is 1. The molecule has 0 saturated heterocycles. The first-order valence-electron chi connectivity index (χ1n) is 4.08. The Hall–Kier alpha value is -1.28. The van der Waals surface area contributed by atoms with Gasteiger partial charge in [-0.1, -0.05) is 4.90 Å². The molecule has 0 aromatic heterocycles. The first-order chi connectivity index (χ1) is 8.81. The van der Waals surface area contributed by atoms with E-state index in [4.69, 9.17) is 0 Å². The van der Waals surface area contributed by atoms with Crippen LogP contribution < -0.4 is 0 Å². The topological polar surface area (TPSA) is 20.3 Å². The minimum atomic E-state index is -7.71. The summed E-state index contributed by atoms with van der Waals surface area (Å²) < 4.78 is 157. The Kier molecular flexibility index (Phi) is 4.58.